The fraction of sp³-hybridized carbons (Fsp3) is 0.533. The summed E-state index contributed by atoms with van der Waals surface area (Å²) in [5.41, 5.74) is 1.16. The van der Waals surface area contributed by atoms with E-state index in [1.807, 2.05) is 31.2 Å². The first kappa shape index (κ1) is 14.2. The average molecular weight is 292 g/mol. The number of hydrogen-bond donors (Lipinski definition) is 1. The molecule has 0 aromatic heterocycles. The number of rotatable bonds is 4. The molecule has 2 aliphatic rings. The zero-order valence-corrected chi connectivity index (χ0v) is 12.2. The highest BCUT2D eigenvalue weighted by molar-refractivity contribution is 5.76. The number of methoxy groups -OCH3 is 1. The van der Waals surface area contributed by atoms with E-state index in [0.717, 1.165) is 17.7 Å². The van der Waals surface area contributed by atoms with E-state index in [-0.39, 0.29) is 24.3 Å². The Kier molecular flexibility index (Phi) is 3.98. The van der Waals surface area contributed by atoms with Crippen LogP contribution in [-0.4, -0.2) is 43.7 Å². The standard InChI is InChI=1S/C15H20N2O4/c1-3-20-14-8-12(10-4-6-11(19-2)7-5-10)13-9-16-15(18)17(13)21-14/h4-7,12-14H,3,8-9H2,1-2H3,(H,16,18). The van der Waals surface area contributed by atoms with Gasteiger partial charge in [0, 0.05) is 25.5 Å². The summed E-state index contributed by atoms with van der Waals surface area (Å²) in [4.78, 5) is 17.5. The van der Waals surface area contributed by atoms with Crippen LogP contribution in [0.2, 0.25) is 0 Å². The third-order valence-corrected chi connectivity index (χ3v) is 4.00. The Morgan fingerprint density at radius 3 is 2.81 bits per heavy atom. The summed E-state index contributed by atoms with van der Waals surface area (Å²) in [6.45, 7) is 3.07. The molecular weight excluding hydrogens is 272 g/mol. The number of amides is 2. The van der Waals surface area contributed by atoms with E-state index >= 15 is 0 Å². The van der Waals surface area contributed by atoms with Crippen LogP contribution < -0.4 is 10.1 Å². The smallest absolute Gasteiger partial charge is 0.341 e. The van der Waals surface area contributed by atoms with Gasteiger partial charge >= 0.3 is 6.03 Å². The van der Waals surface area contributed by atoms with E-state index < -0.39 is 0 Å². The Hall–Kier alpha value is -1.79. The zero-order valence-electron chi connectivity index (χ0n) is 12.2. The Morgan fingerprint density at radius 2 is 2.14 bits per heavy atom. The van der Waals surface area contributed by atoms with Gasteiger partial charge in [-0.25, -0.2) is 9.63 Å². The van der Waals surface area contributed by atoms with Crippen molar-refractivity contribution in [2.75, 3.05) is 20.3 Å². The minimum absolute atomic E-state index is 0.00241. The van der Waals surface area contributed by atoms with Crippen LogP contribution in [0.3, 0.4) is 0 Å². The van der Waals surface area contributed by atoms with Crippen LogP contribution in [0.1, 0.15) is 24.8 Å². The lowest BCUT2D eigenvalue weighted by Crippen LogP contribution is -2.47. The molecule has 2 saturated heterocycles. The summed E-state index contributed by atoms with van der Waals surface area (Å²) in [5, 5.41) is 4.26. The van der Waals surface area contributed by atoms with Gasteiger partial charge in [0.2, 0.25) is 0 Å². The highest BCUT2D eigenvalue weighted by Gasteiger charge is 2.45. The molecule has 6 nitrogen and oxygen atoms in total. The van der Waals surface area contributed by atoms with Gasteiger partial charge in [0.25, 0.3) is 0 Å². The third-order valence-electron chi connectivity index (χ3n) is 4.00. The molecule has 3 rings (SSSR count). The van der Waals surface area contributed by atoms with E-state index in [4.69, 9.17) is 14.3 Å². The van der Waals surface area contributed by atoms with Gasteiger partial charge in [-0.15, -0.1) is 0 Å². The van der Waals surface area contributed by atoms with Gasteiger partial charge in [-0.05, 0) is 24.6 Å². The van der Waals surface area contributed by atoms with E-state index in [0.29, 0.717) is 13.2 Å². The highest BCUT2D eigenvalue weighted by atomic mass is 16.8. The summed E-state index contributed by atoms with van der Waals surface area (Å²) >= 11 is 0. The molecule has 1 N–H and O–H groups in total. The third kappa shape index (κ3) is 2.69. The largest absolute Gasteiger partial charge is 0.497 e. The minimum Gasteiger partial charge on any atom is -0.497 e. The van der Waals surface area contributed by atoms with Crippen molar-refractivity contribution in [3.05, 3.63) is 29.8 Å². The predicted molar refractivity (Wildman–Crippen MR) is 75.9 cm³/mol. The van der Waals surface area contributed by atoms with E-state index in [1.165, 1.54) is 5.06 Å². The molecule has 2 amide bonds. The molecule has 0 bridgehead atoms. The molecule has 2 fully saturated rings. The van der Waals surface area contributed by atoms with Crippen LogP contribution in [0.15, 0.2) is 24.3 Å². The van der Waals surface area contributed by atoms with Crippen LogP contribution in [0.25, 0.3) is 0 Å². The number of carbonyl (C=O) groups excluding carboxylic acids is 1. The van der Waals surface area contributed by atoms with Gasteiger partial charge in [0.15, 0.2) is 6.29 Å². The van der Waals surface area contributed by atoms with Gasteiger partial charge in [0.1, 0.15) is 5.75 Å². The number of urea groups is 1. The number of fused-ring (bicyclic) bond motifs is 1. The topological polar surface area (TPSA) is 60.0 Å². The summed E-state index contributed by atoms with van der Waals surface area (Å²) in [5.74, 6) is 1.00. The number of carbonyl (C=O) groups is 1. The summed E-state index contributed by atoms with van der Waals surface area (Å²) in [6.07, 6.45) is 0.346. The molecule has 0 aliphatic carbocycles. The molecule has 114 valence electrons. The average Bonchev–Trinajstić information content (AvgIpc) is 2.89. The molecule has 2 heterocycles. The number of hydrogen-bond acceptors (Lipinski definition) is 4. The second kappa shape index (κ2) is 5.91. The quantitative estimate of drug-likeness (QED) is 0.920. The van der Waals surface area contributed by atoms with Crippen LogP contribution in [-0.2, 0) is 9.57 Å². The van der Waals surface area contributed by atoms with Gasteiger partial charge in [0.05, 0.1) is 13.2 Å². The molecular formula is C15H20N2O4. The van der Waals surface area contributed by atoms with Crippen LogP contribution in [0.4, 0.5) is 4.79 Å². The SMILES string of the molecule is CCOC1CC(c2ccc(OC)cc2)C2CNC(=O)N2O1. The molecule has 0 radical (unpaired) electrons. The molecule has 0 spiro atoms. The number of ether oxygens (including phenoxy) is 2. The van der Waals surface area contributed by atoms with Crippen molar-refractivity contribution in [3.8, 4) is 5.75 Å². The Balaban J connectivity index is 1.84. The molecule has 6 heteroatoms. The molecule has 3 atom stereocenters. The maximum Gasteiger partial charge on any atom is 0.341 e. The molecule has 3 unspecified atom stereocenters. The van der Waals surface area contributed by atoms with Gasteiger partial charge in [-0.1, -0.05) is 12.1 Å². The number of hydroxylamine groups is 2. The summed E-state index contributed by atoms with van der Waals surface area (Å²) < 4.78 is 10.8. The predicted octanol–water partition coefficient (Wildman–Crippen LogP) is 1.87. The molecule has 2 aliphatic heterocycles. The zero-order chi connectivity index (χ0) is 14.8. The molecule has 1 aromatic carbocycles. The number of nitrogens with one attached hydrogen (secondary N) is 1. The second-order valence-electron chi connectivity index (χ2n) is 5.18. The molecule has 1 aromatic rings. The number of benzene rings is 1. The lowest BCUT2D eigenvalue weighted by Gasteiger charge is -2.38. The first-order valence-electron chi connectivity index (χ1n) is 7.22. The lowest BCUT2D eigenvalue weighted by molar-refractivity contribution is -0.289. The second-order valence-corrected chi connectivity index (χ2v) is 5.18. The normalized spacial score (nSPS) is 28.2. The van der Waals surface area contributed by atoms with Crippen molar-refractivity contribution in [2.24, 2.45) is 0 Å². The Morgan fingerprint density at radius 1 is 1.38 bits per heavy atom. The maximum absolute atomic E-state index is 11.8. The van der Waals surface area contributed by atoms with Gasteiger partial charge in [-0.3, -0.25) is 0 Å². The van der Waals surface area contributed by atoms with E-state index in [9.17, 15) is 4.79 Å². The lowest BCUT2D eigenvalue weighted by atomic mass is 9.87. The first-order chi connectivity index (χ1) is 10.2. The monoisotopic (exact) mass is 292 g/mol. The highest BCUT2D eigenvalue weighted by Crippen LogP contribution is 2.36. The van der Waals surface area contributed by atoms with Crippen LogP contribution in [0.5, 0.6) is 5.75 Å². The number of nitrogens with zero attached hydrogens (tertiary/aromatic N) is 1. The van der Waals surface area contributed by atoms with Crippen molar-refractivity contribution in [2.45, 2.75) is 31.6 Å². The van der Waals surface area contributed by atoms with E-state index in [2.05, 4.69) is 5.32 Å². The first-order valence-corrected chi connectivity index (χ1v) is 7.22. The van der Waals surface area contributed by atoms with Crippen molar-refractivity contribution in [1.29, 1.82) is 0 Å². The Labute approximate surface area is 123 Å². The van der Waals surface area contributed by atoms with Crippen molar-refractivity contribution in [3.63, 3.8) is 0 Å². The van der Waals surface area contributed by atoms with E-state index in [1.54, 1.807) is 7.11 Å². The van der Waals surface area contributed by atoms with Gasteiger partial charge < -0.3 is 14.8 Å². The molecule has 21 heavy (non-hydrogen) atoms. The van der Waals surface area contributed by atoms with Gasteiger partial charge in [-0.2, -0.15) is 5.06 Å². The Bertz CT molecular complexity index is 505. The maximum atomic E-state index is 11.8. The summed E-state index contributed by atoms with van der Waals surface area (Å²) in [6, 6.07) is 7.77. The van der Waals surface area contributed by atoms with Crippen LogP contribution >= 0.6 is 0 Å². The summed E-state index contributed by atoms with van der Waals surface area (Å²) in [7, 11) is 1.65. The van der Waals surface area contributed by atoms with Crippen molar-refractivity contribution in [1.82, 2.24) is 10.4 Å². The van der Waals surface area contributed by atoms with Crippen LogP contribution in [0, 0.1) is 0 Å². The fourth-order valence-electron chi connectivity index (χ4n) is 2.96. The molecule has 0 saturated carbocycles. The fourth-order valence-corrected chi connectivity index (χ4v) is 2.96. The minimum atomic E-state index is -0.387. The van der Waals surface area contributed by atoms with Crippen molar-refractivity contribution < 1.29 is 19.1 Å². The van der Waals surface area contributed by atoms with Crippen molar-refractivity contribution >= 4 is 6.03 Å².